The molecule has 0 N–H and O–H groups in total. The fraction of sp³-hybridized carbons (Fsp3) is 0.368. The molecule has 23 heavy (non-hydrogen) atoms. The number of hydrogen-bond acceptors (Lipinski definition) is 3. The zero-order valence-electron chi connectivity index (χ0n) is 13.5. The Morgan fingerprint density at radius 3 is 2.87 bits per heavy atom. The Morgan fingerprint density at radius 2 is 2.09 bits per heavy atom. The van der Waals surface area contributed by atoms with Gasteiger partial charge in [0.1, 0.15) is 4.83 Å². The van der Waals surface area contributed by atoms with Crippen molar-refractivity contribution < 1.29 is 0 Å². The van der Waals surface area contributed by atoms with E-state index in [2.05, 4.69) is 43.1 Å². The number of benzene rings is 1. The molecule has 3 aromatic rings. The van der Waals surface area contributed by atoms with Gasteiger partial charge in [-0.3, -0.25) is 9.36 Å². The van der Waals surface area contributed by atoms with Gasteiger partial charge >= 0.3 is 0 Å². The summed E-state index contributed by atoms with van der Waals surface area (Å²) in [6, 6.07) is 8.33. The highest BCUT2D eigenvalue weighted by Crippen LogP contribution is 2.35. The van der Waals surface area contributed by atoms with E-state index >= 15 is 0 Å². The molecule has 0 aliphatic heterocycles. The van der Waals surface area contributed by atoms with E-state index in [-0.39, 0.29) is 5.56 Å². The van der Waals surface area contributed by atoms with Crippen LogP contribution in [-0.2, 0) is 19.4 Å². The van der Waals surface area contributed by atoms with Crippen molar-refractivity contribution in [2.75, 3.05) is 0 Å². The number of thiophene rings is 1. The summed E-state index contributed by atoms with van der Waals surface area (Å²) in [5.41, 5.74) is 3.74. The second-order valence-electron chi connectivity index (χ2n) is 6.70. The molecule has 0 radical (unpaired) electrons. The normalized spacial score (nSPS) is 17.4. The zero-order chi connectivity index (χ0) is 16.0. The molecule has 0 amide bonds. The molecule has 4 rings (SSSR count). The maximum atomic E-state index is 12.9. The van der Waals surface area contributed by atoms with Gasteiger partial charge in [0, 0.05) is 4.88 Å². The Morgan fingerprint density at radius 1 is 1.30 bits per heavy atom. The van der Waals surface area contributed by atoms with E-state index in [1.54, 1.807) is 22.2 Å². The van der Waals surface area contributed by atoms with Gasteiger partial charge in [-0.1, -0.05) is 36.8 Å². The lowest BCUT2D eigenvalue weighted by atomic mass is 9.89. The lowest BCUT2D eigenvalue weighted by Crippen LogP contribution is -2.22. The van der Waals surface area contributed by atoms with Crippen molar-refractivity contribution in [2.45, 2.75) is 39.7 Å². The minimum atomic E-state index is 0.114. The van der Waals surface area contributed by atoms with E-state index in [9.17, 15) is 4.79 Å². The Hall–Kier alpha value is -1.94. The number of rotatable bonds is 2. The van der Waals surface area contributed by atoms with Gasteiger partial charge in [0.15, 0.2) is 0 Å². The van der Waals surface area contributed by atoms with Crippen molar-refractivity contribution in [3.8, 4) is 0 Å². The predicted octanol–water partition coefficient (Wildman–Crippen LogP) is 3.94. The smallest absolute Gasteiger partial charge is 0.262 e. The van der Waals surface area contributed by atoms with E-state index in [1.807, 2.05) is 0 Å². The molecular weight excluding hydrogens is 304 g/mol. The summed E-state index contributed by atoms with van der Waals surface area (Å²) in [6.07, 6.45) is 4.98. The third kappa shape index (κ3) is 2.61. The average Bonchev–Trinajstić information content (AvgIpc) is 2.90. The first kappa shape index (κ1) is 14.6. The first-order chi connectivity index (χ1) is 11.1. The topological polar surface area (TPSA) is 34.9 Å². The summed E-state index contributed by atoms with van der Waals surface area (Å²) in [4.78, 5) is 19.8. The molecule has 2 aromatic heterocycles. The minimum absolute atomic E-state index is 0.114. The SMILES string of the molecule is Cc1ccc(Cn2cnc3sc4c(c3c2=O)CC[C@@H](C)C4)cc1. The van der Waals surface area contributed by atoms with Crippen LogP contribution in [0.15, 0.2) is 35.4 Å². The number of nitrogens with zero attached hydrogens (tertiary/aromatic N) is 2. The Labute approximate surface area is 139 Å². The van der Waals surface area contributed by atoms with Gasteiger partial charge in [-0.2, -0.15) is 0 Å². The maximum Gasteiger partial charge on any atom is 0.262 e. The second kappa shape index (κ2) is 5.60. The van der Waals surface area contributed by atoms with E-state index in [4.69, 9.17) is 0 Å². The molecule has 2 heterocycles. The molecule has 0 saturated carbocycles. The van der Waals surface area contributed by atoms with Crippen LogP contribution in [0.5, 0.6) is 0 Å². The second-order valence-corrected chi connectivity index (χ2v) is 7.78. The number of fused-ring (bicyclic) bond motifs is 3. The van der Waals surface area contributed by atoms with Crippen molar-refractivity contribution in [2.24, 2.45) is 5.92 Å². The first-order valence-corrected chi connectivity index (χ1v) is 8.98. The van der Waals surface area contributed by atoms with Gasteiger partial charge in [-0.05, 0) is 43.2 Å². The molecule has 118 valence electrons. The van der Waals surface area contributed by atoms with Gasteiger partial charge in [-0.15, -0.1) is 11.3 Å². The first-order valence-electron chi connectivity index (χ1n) is 8.17. The van der Waals surface area contributed by atoms with Crippen molar-refractivity contribution in [1.29, 1.82) is 0 Å². The number of aromatic nitrogens is 2. The highest BCUT2D eigenvalue weighted by atomic mass is 32.1. The molecule has 0 unspecified atom stereocenters. The monoisotopic (exact) mass is 324 g/mol. The highest BCUT2D eigenvalue weighted by Gasteiger charge is 2.23. The molecule has 1 aromatic carbocycles. The third-order valence-electron chi connectivity index (χ3n) is 4.76. The van der Waals surface area contributed by atoms with Crippen molar-refractivity contribution in [3.05, 3.63) is 62.5 Å². The van der Waals surface area contributed by atoms with Gasteiger partial charge in [0.2, 0.25) is 0 Å². The summed E-state index contributed by atoms with van der Waals surface area (Å²) in [5, 5.41) is 0.867. The zero-order valence-corrected chi connectivity index (χ0v) is 14.3. The number of aryl methyl sites for hydroxylation is 2. The van der Waals surface area contributed by atoms with Crippen LogP contribution in [0.4, 0.5) is 0 Å². The van der Waals surface area contributed by atoms with Crippen LogP contribution in [0.2, 0.25) is 0 Å². The van der Waals surface area contributed by atoms with Gasteiger partial charge < -0.3 is 0 Å². The van der Waals surface area contributed by atoms with Crippen molar-refractivity contribution in [3.63, 3.8) is 0 Å². The standard InChI is InChI=1S/C19H20N2OS/c1-12-3-6-14(7-4-12)10-21-11-20-18-17(19(21)22)15-8-5-13(2)9-16(15)23-18/h3-4,6-7,11,13H,5,8-10H2,1-2H3/t13-/m1/s1. The summed E-state index contributed by atoms with van der Waals surface area (Å²) in [6.45, 7) is 4.95. The molecular formula is C19H20N2OS. The third-order valence-corrected chi connectivity index (χ3v) is 5.92. The summed E-state index contributed by atoms with van der Waals surface area (Å²) >= 11 is 1.71. The molecule has 1 aliphatic rings. The van der Waals surface area contributed by atoms with Crippen molar-refractivity contribution >= 4 is 21.6 Å². The van der Waals surface area contributed by atoms with Crippen LogP contribution in [0.3, 0.4) is 0 Å². The minimum Gasteiger partial charge on any atom is -0.294 e. The summed E-state index contributed by atoms with van der Waals surface area (Å²) in [5.74, 6) is 0.713. The van der Waals surface area contributed by atoms with Crippen LogP contribution in [0.25, 0.3) is 10.2 Å². The highest BCUT2D eigenvalue weighted by molar-refractivity contribution is 7.18. The molecule has 3 nitrogen and oxygen atoms in total. The van der Waals surface area contributed by atoms with E-state index in [1.165, 1.54) is 22.4 Å². The molecule has 0 fully saturated rings. The fourth-order valence-corrected chi connectivity index (χ4v) is 4.71. The average molecular weight is 324 g/mol. The lowest BCUT2D eigenvalue weighted by Gasteiger charge is -2.17. The van der Waals surface area contributed by atoms with Crippen LogP contribution >= 0.6 is 11.3 Å². The number of hydrogen-bond donors (Lipinski definition) is 0. The molecule has 0 spiro atoms. The summed E-state index contributed by atoms with van der Waals surface area (Å²) in [7, 11) is 0. The van der Waals surface area contributed by atoms with Crippen molar-refractivity contribution in [1.82, 2.24) is 9.55 Å². The molecule has 0 bridgehead atoms. The molecule has 4 heteroatoms. The van der Waals surface area contributed by atoms with Gasteiger partial charge in [0.25, 0.3) is 5.56 Å². The molecule has 0 saturated heterocycles. The van der Waals surface area contributed by atoms with Gasteiger partial charge in [-0.25, -0.2) is 4.98 Å². The predicted molar refractivity (Wildman–Crippen MR) is 95.4 cm³/mol. The van der Waals surface area contributed by atoms with Crippen LogP contribution in [0.1, 0.15) is 34.9 Å². The lowest BCUT2D eigenvalue weighted by molar-refractivity contribution is 0.509. The quantitative estimate of drug-likeness (QED) is 0.715. The van der Waals surface area contributed by atoms with E-state index < -0.39 is 0 Å². The van der Waals surface area contributed by atoms with E-state index in [0.717, 1.165) is 28.6 Å². The van der Waals surface area contributed by atoms with Crippen LogP contribution in [0, 0.1) is 12.8 Å². The fourth-order valence-electron chi connectivity index (χ4n) is 3.37. The molecule has 1 atom stereocenters. The largest absolute Gasteiger partial charge is 0.294 e. The Bertz CT molecular complexity index is 921. The van der Waals surface area contributed by atoms with E-state index in [0.29, 0.717) is 12.5 Å². The maximum absolute atomic E-state index is 12.9. The van der Waals surface area contributed by atoms with Crippen LogP contribution in [-0.4, -0.2) is 9.55 Å². The van der Waals surface area contributed by atoms with Gasteiger partial charge in [0.05, 0.1) is 18.3 Å². The molecule has 1 aliphatic carbocycles. The Kier molecular flexibility index (Phi) is 3.57. The summed E-state index contributed by atoms with van der Waals surface area (Å²) < 4.78 is 1.75. The van der Waals surface area contributed by atoms with Crippen LogP contribution < -0.4 is 5.56 Å². The Balaban J connectivity index is 1.78.